The minimum Gasteiger partial charge on any atom is -0.491 e. The van der Waals surface area contributed by atoms with Crippen molar-refractivity contribution in [2.24, 2.45) is 5.92 Å². The van der Waals surface area contributed by atoms with Crippen LogP contribution in [0.4, 0.5) is 5.69 Å². The zero-order valence-electron chi connectivity index (χ0n) is 17.3. The molecule has 1 aliphatic rings. The van der Waals surface area contributed by atoms with Crippen molar-refractivity contribution < 1.29 is 14.3 Å². The molecule has 1 aromatic carbocycles. The van der Waals surface area contributed by atoms with Crippen molar-refractivity contribution in [3.8, 4) is 5.75 Å². The van der Waals surface area contributed by atoms with Gasteiger partial charge in [-0.3, -0.25) is 9.78 Å². The summed E-state index contributed by atoms with van der Waals surface area (Å²) >= 11 is 0. The van der Waals surface area contributed by atoms with Crippen LogP contribution in [0.15, 0.2) is 30.5 Å². The highest BCUT2D eigenvalue weighted by Gasteiger charge is 2.42. The molecule has 2 atom stereocenters. The van der Waals surface area contributed by atoms with Gasteiger partial charge in [-0.2, -0.15) is 0 Å². The molecule has 1 N–H and O–H groups in total. The number of pyridine rings is 1. The van der Waals surface area contributed by atoms with Crippen molar-refractivity contribution in [3.05, 3.63) is 30.5 Å². The number of carbonyl (C=O) groups is 1. The van der Waals surface area contributed by atoms with E-state index in [4.69, 9.17) is 9.47 Å². The fourth-order valence-electron chi connectivity index (χ4n) is 4.02. The van der Waals surface area contributed by atoms with Gasteiger partial charge in [-0.15, -0.1) is 0 Å². The number of nitrogens with zero attached hydrogens (tertiary/aromatic N) is 1. The van der Waals surface area contributed by atoms with Gasteiger partial charge in [0.15, 0.2) is 0 Å². The maximum atomic E-state index is 13.4. The Morgan fingerprint density at radius 1 is 1.25 bits per heavy atom. The zero-order valence-corrected chi connectivity index (χ0v) is 17.3. The average molecular weight is 385 g/mol. The summed E-state index contributed by atoms with van der Waals surface area (Å²) in [5.41, 5.74) is 0.795. The van der Waals surface area contributed by atoms with Crippen LogP contribution in [-0.4, -0.2) is 29.7 Å². The van der Waals surface area contributed by atoms with Crippen molar-refractivity contribution in [1.82, 2.24) is 4.98 Å². The van der Waals surface area contributed by atoms with Gasteiger partial charge in [-0.05, 0) is 62.3 Å². The lowest BCUT2D eigenvalue weighted by Gasteiger charge is -2.38. The summed E-state index contributed by atoms with van der Waals surface area (Å²) in [4.78, 5) is 17.8. The fraction of sp³-hybridized carbons (Fsp3) is 0.565. The van der Waals surface area contributed by atoms with Gasteiger partial charge in [-0.25, -0.2) is 0 Å². The predicted octanol–water partition coefficient (Wildman–Crippen LogP) is 5.34. The first kappa shape index (κ1) is 20.6. The lowest BCUT2D eigenvalue weighted by Crippen LogP contribution is -2.48. The molecule has 0 saturated heterocycles. The summed E-state index contributed by atoms with van der Waals surface area (Å²) in [5.74, 6) is 1.19. The topological polar surface area (TPSA) is 60.5 Å². The Kier molecular flexibility index (Phi) is 6.89. The van der Waals surface area contributed by atoms with Crippen LogP contribution in [0.2, 0.25) is 0 Å². The molecule has 1 amide bonds. The Morgan fingerprint density at radius 2 is 2.07 bits per heavy atom. The van der Waals surface area contributed by atoms with E-state index in [2.05, 4.69) is 31.1 Å². The number of hydrogen-bond acceptors (Lipinski definition) is 4. The number of carbonyl (C=O) groups excluding carboxylic acids is 1. The molecule has 5 heteroatoms. The van der Waals surface area contributed by atoms with Crippen molar-refractivity contribution in [2.75, 3.05) is 18.5 Å². The van der Waals surface area contributed by atoms with Gasteiger partial charge in [0.25, 0.3) is 5.91 Å². The highest BCUT2D eigenvalue weighted by Crippen LogP contribution is 2.37. The third-order valence-electron chi connectivity index (χ3n) is 5.39. The minimum absolute atomic E-state index is 0.0418. The second-order valence-corrected chi connectivity index (χ2v) is 7.86. The molecule has 1 aromatic heterocycles. The second-order valence-electron chi connectivity index (χ2n) is 7.86. The smallest absolute Gasteiger partial charge is 0.256 e. The van der Waals surface area contributed by atoms with Crippen molar-refractivity contribution in [3.63, 3.8) is 0 Å². The van der Waals surface area contributed by atoms with Crippen LogP contribution in [0.25, 0.3) is 10.9 Å². The molecule has 1 fully saturated rings. The number of hydrogen-bond donors (Lipinski definition) is 1. The molecule has 0 radical (unpaired) electrons. The van der Waals surface area contributed by atoms with Gasteiger partial charge in [0.2, 0.25) is 0 Å². The zero-order chi connectivity index (χ0) is 20.0. The molecule has 2 aromatic rings. The van der Waals surface area contributed by atoms with Crippen LogP contribution in [0, 0.1) is 5.92 Å². The summed E-state index contributed by atoms with van der Waals surface area (Å²) in [6, 6.07) is 7.66. The third kappa shape index (κ3) is 4.46. The normalized spacial score (nSPS) is 22.2. The molecule has 5 nitrogen and oxygen atoms in total. The van der Waals surface area contributed by atoms with Gasteiger partial charge in [-0.1, -0.05) is 27.2 Å². The summed E-state index contributed by atoms with van der Waals surface area (Å²) in [6.45, 7) is 7.60. The summed E-state index contributed by atoms with van der Waals surface area (Å²) in [7, 11) is 0. The SMILES string of the molecule is CCCOc1ccc(NC(=O)C2(OCCC)CCCC(C)C2)c2cccnc12. The number of fused-ring (bicyclic) bond motifs is 1. The van der Waals surface area contributed by atoms with Crippen molar-refractivity contribution in [2.45, 2.75) is 64.9 Å². The van der Waals surface area contributed by atoms with Gasteiger partial charge in [0.1, 0.15) is 16.9 Å². The van der Waals surface area contributed by atoms with Crippen LogP contribution >= 0.6 is 0 Å². The van der Waals surface area contributed by atoms with E-state index in [1.807, 2.05) is 24.3 Å². The number of aromatic nitrogens is 1. The standard InChI is InChI=1S/C23H32N2O3/c1-4-14-27-20-11-10-19(18-9-7-13-24-21(18)20)25-22(26)23(28-15-5-2)12-6-8-17(3)16-23/h7,9-11,13,17H,4-6,8,12,14-16H2,1-3H3,(H,25,26). The molecule has 3 rings (SSSR count). The van der Waals surface area contributed by atoms with E-state index in [9.17, 15) is 4.79 Å². The molecular formula is C23H32N2O3. The van der Waals surface area contributed by atoms with Gasteiger partial charge < -0.3 is 14.8 Å². The van der Waals surface area contributed by atoms with E-state index in [-0.39, 0.29) is 5.91 Å². The summed E-state index contributed by atoms with van der Waals surface area (Å²) < 4.78 is 12.0. The summed E-state index contributed by atoms with van der Waals surface area (Å²) in [6.07, 6.45) is 7.30. The van der Waals surface area contributed by atoms with Crippen LogP contribution in [0.3, 0.4) is 0 Å². The lowest BCUT2D eigenvalue weighted by atomic mass is 9.78. The fourth-order valence-corrected chi connectivity index (χ4v) is 4.02. The Labute approximate surface area is 167 Å². The van der Waals surface area contributed by atoms with E-state index >= 15 is 0 Å². The number of anilines is 1. The molecular weight excluding hydrogens is 352 g/mol. The van der Waals surface area contributed by atoms with Crippen LogP contribution in [-0.2, 0) is 9.53 Å². The largest absolute Gasteiger partial charge is 0.491 e. The van der Waals surface area contributed by atoms with Crippen molar-refractivity contribution >= 4 is 22.5 Å². The Hall–Kier alpha value is -2.14. The maximum Gasteiger partial charge on any atom is 0.256 e. The van der Waals surface area contributed by atoms with E-state index in [0.717, 1.165) is 60.9 Å². The average Bonchev–Trinajstić information content (AvgIpc) is 2.71. The molecule has 0 spiro atoms. The third-order valence-corrected chi connectivity index (χ3v) is 5.39. The molecule has 0 aliphatic heterocycles. The molecule has 28 heavy (non-hydrogen) atoms. The first-order valence-corrected chi connectivity index (χ1v) is 10.6. The quantitative estimate of drug-likeness (QED) is 0.667. The van der Waals surface area contributed by atoms with E-state index in [1.165, 1.54) is 0 Å². The van der Waals surface area contributed by atoms with Gasteiger partial charge in [0, 0.05) is 18.2 Å². The van der Waals surface area contributed by atoms with Crippen LogP contribution in [0.5, 0.6) is 5.75 Å². The molecule has 1 heterocycles. The van der Waals surface area contributed by atoms with Crippen LogP contribution in [0.1, 0.15) is 59.3 Å². The van der Waals surface area contributed by atoms with Crippen LogP contribution < -0.4 is 10.1 Å². The molecule has 1 saturated carbocycles. The second kappa shape index (κ2) is 9.37. The monoisotopic (exact) mass is 384 g/mol. The number of amides is 1. The lowest BCUT2D eigenvalue weighted by molar-refractivity contribution is -0.148. The number of ether oxygens (including phenoxy) is 2. The highest BCUT2D eigenvalue weighted by atomic mass is 16.5. The minimum atomic E-state index is -0.737. The first-order valence-electron chi connectivity index (χ1n) is 10.6. The molecule has 2 unspecified atom stereocenters. The number of nitrogens with one attached hydrogen (secondary N) is 1. The van der Waals surface area contributed by atoms with E-state index in [0.29, 0.717) is 19.1 Å². The Balaban J connectivity index is 1.89. The summed E-state index contributed by atoms with van der Waals surface area (Å²) in [5, 5.41) is 4.04. The predicted molar refractivity (Wildman–Crippen MR) is 113 cm³/mol. The Bertz CT molecular complexity index is 808. The van der Waals surface area contributed by atoms with Crippen molar-refractivity contribution in [1.29, 1.82) is 0 Å². The number of rotatable bonds is 8. The highest BCUT2D eigenvalue weighted by molar-refractivity contribution is 6.05. The van der Waals surface area contributed by atoms with E-state index < -0.39 is 5.60 Å². The first-order chi connectivity index (χ1) is 13.6. The van der Waals surface area contributed by atoms with E-state index in [1.54, 1.807) is 6.20 Å². The molecule has 1 aliphatic carbocycles. The number of benzene rings is 1. The molecule has 152 valence electrons. The maximum absolute atomic E-state index is 13.4. The molecule has 0 bridgehead atoms. The van der Waals surface area contributed by atoms with Gasteiger partial charge in [0.05, 0.1) is 12.3 Å². The van der Waals surface area contributed by atoms with Gasteiger partial charge >= 0.3 is 0 Å². The Morgan fingerprint density at radius 3 is 2.82 bits per heavy atom.